The van der Waals surface area contributed by atoms with E-state index in [0.717, 1.165) is 18.4 Å². The quantitative estimate of drug-likeness (QED) is 0.623. The summed E-state index contributed by atoms with van der Waals surface area (Å²) in [6.45, 7) is 6.23. The third-order valence-corrected chi connectivity index (χ3v) is 3.31. The Morgan fingerprint density at radius 3 is 2.50 bits per heavy atom. The minimum Gasteiger partial charge on any atom is -0.491 e. The Bertz CT molecular complexity index is 428. The van der Waals surface area contributed by atoms with Gasteiger partial charge in [-0.3, -0.25) is 10.1 Å². The number of nitro benzene ring substituents is 1. The van der Waals surface area contributed by atoms with E-state index in [2.05, 4.69) is 0 Å². The zero-order valence-electron chi connectivity index (χ0n) is 11.1. The first-order valence-corrected chi connectivity index (χ1v) is 6.08. The van der Waals surface area contributed by atoms with Crippen molar-refractivity contribution < 1.29 is 9.66 Å². The summed E-state index contributed by atoms with van der Waals surface area (Å²) < 4.78 is 5.65. The van der Waals surface area contributed by atoms with E-state index < -0.39 is 4.92 Å². The van der Waals surface area contributed by atoms with Gasteiger partial charge >= 0.3 is 0 Å². The average molecular weight is 252 g/mol. The van der Waals surface area contributed by atoms with Crippen molar-refractivity contribution in [2.45, 2.75) is 39.2 Å². The van der Waals surface area contributed by atoms with Crippen molar-refractivity contribution in [3.63, 3.8) is 0 Å². The normalized spacial score (nSPS) is 11.3. The summed E-state index contributed by atoms with van der Waals surface area (Å²) >= 11 is 0. The molecule has 0 amide bonds. The van der Waals surface area contributed by atoms with Gasteiger partial charge in [0.1, 0.15) is 12.4 Å². The molecule has 0 aliphatic rings. The van der Waals surface area contributed by atoms with Crippen LogP contribution in [0.15, 0.2) is 18.2 Å². The number of non-ortho nitro benzene ring substituents is 1. The van der Waals surface area contributed by atoms with Gasteiger partial charge in [0.2, 0.25) is 0 Å². The van der Waals surface area contributed by atoms with Crippen molar-refractivity contribution in [3.05, 3.63) is 33.9 Å². The molecule has 0 unspecified atom stereocenters. The predicted octanol–water partition coefficient (Wildman–Crippen LogP) is 2.80. The second-order valence-electron chi connectivity index (χ2n) is 4.57. The Hall–Kier alpha value is -1.62. The second kappa shape index (κ2) is 5.82. The number of nitro groups is 1. The molecule has 0 saturated carbocycles. The molecule has 0 atom stereocenters. The molecule has 0 spiro atoms. The number of nitrogens with zero attached hydrogens (tertiary/aromatic N) is 1. The Kier molecular flexibility index (Phi) is 4.67. The minimum absolute atomic E-state index is 0.0335. The first kappa shape index (κ1) is 14.4. The SMILES string of the molecule is CCC(N)(CC)COc1cc([N+](=O)[O-])ccc1C. The number of benzene rings is 1. The first-order valence-electron chi connectivity index (χ1n) is 6.08. The van der Waals surface area contributed by atoms with E-state index in [-0.39, 0.29) is 11.2 Å². The highest BCUT2D eigenvalue weighted by molar-refractivity contribution is 5.43. The van der Waals surface area contributed by atoms with Crippen LogP contribution in [-0.4, -0.2) is 17.1 Å². The number of ether oxygens (including phenoxy) is 1. The van der Waals surface area contributed by atoms with Gasteiger partial charge in [-0.1, -0.05) is 13.8 Å². The van der Waals surface area contributed by atoms with Gasteiger partial charge in [-0.25, -0.2) is 0 Å². The van der Waals surface area contributed by atoms with Gasteiger partial charge in [-0.05, 0) is 31.4 Å². The van der Waals surface area contributed by atoms with Crippen molar-refractivity contribution in [2.75, 3.05) is 6.61 Å². The molecule has 0 saturated heterocycles. The fourth-order valence-corrected chi connectivity index (χ4v) is 1.53. The van der Waals surface area contributed by atoms with E-state index in [1.165, 1.54) is 12.1 Å². The summed E-state index contributed by atoms with van der Waals surface area (Å²) in [5.74, 6) is 0.529. The van der Waals surface area contributed by atoms with Crippen molar-refractivity contribution >= 4 is 5.69 Å². The third kappa shape index (κ3) is 3.43. The highest BCUT2D eigenvalue weighted by Gasteiger charge is 2.22. The molecule has 0 bridgehead atoms. The monoisotopic (exact) mass is 252 g/mol. The Morgan fingerprint density at radius 1 is 1.39 bits per heavy atom. The van der Waals surface area contributed by atoms with Gasteiger partial charge in [0, 0.05) is 11.6 Å². The lowest BCUT2D eigenvalue weighted by molar-refractivity contribution is -0.385. The van der Waals surface area contributed by atoms with Crippen LogP contribution in [-0.2, 0) is 0 Å². The highest BCUT2D eigenvalue weighted by atomic mass is 16.6. The van der Waals surface area contributed by atoms with Crippen LogP contribution in [0, 0.1) is 17.0 Å². The zero-order valence-corrected chi connectivity index (χ0v) is 11.1. The predicted molar refractivity (Wildman–Crippen MR) is 70.8 cm³/mol. The molecule has 0 aromatic heterocycles. The van der Waals surface area contributed by atoms with Crippen LogP contribution in [0.3, 0.4) is 0 Å². The third-order valence-electron chi connectivity index (χ3n) is 3.31. The Labute approximate surface area is 107 Å². The van der Waals surface area contributed by atoms with Crippen molar-refractivity contribution in [1.82, 2.24) is 0 Å². The van der Waals surface area contributed by atoms with E-state index in [4.69, 9.17) is 10.5 Å². The molecular formula is C13H20N2O3. The van der Waals surface area contributed by atoms with Gasteiger partial charge in [-0.2, -0.15) is 0 Å². The zero-order chi connectivity index (χ0) is 13.8. The van der Waals surface area contributed by atoms with Gasteiger partial charge in [0.15, 0.2) is 0 Å². The second-order valence-corrected chi connectivity index (χ2v) is 4.57. The molecule has 0 aliphatic carbocycles. The summed E-state index contributed by atoms with van der Waals surface area (Å²) in [6.07, 6.45) is 1.61. The first-order chi connectivity index (χ1) is 8.41. The number of hydrogen-bond donors (Lipinski definition) is 1. The molecule has 100 valence electrons. The molecule has 0 aliphatic heterocycles. The maximum atomic E-state index is 10.7. The topological polar surface area (TPSA) is 78.4 Å². The number of nitrogens with two attached hydrogens (primary N) is 1. The van der Waals surface area contributed by atoms with E-state index in [1.807, 2.05) is 20.8 Å². The molecule has 2 N–H and O–H groups in total. The molecule has 1 aromatic rings. The fourth-order valence-electron chi connectivity index (χ4n) is 1.53. The van der Waals surface area contributed by atoms with Crippen LogP contribution in [0.5, 0.6) is 5.75 Å². The van der Waals surface area contributed by atoms with Crippen LogP contribution < -0.4 is 10.5 Å². The number of aryl methyl sites for hydroxylation is 1. The molecule has 5 heteroatoms. The molecule has 0 fully saturated rings. The molecule has 0 radical (unpaired) electrons. The molecule has 5 nitrogen and oxygen atoms in total. The van der Waals surface area contributed by atoms with Crippen LogP contribution in [0.1, 0.15) is 32.3 Å². The van der Waals surface area contributed by atoms with Gasteiger partial charge in [0.25, 0.3) is 5.69 Å². The lowest BCUT2D eigenvalue weighted by atomic mass is 9.95. The molecule has 1 rings (SSSR count). The minimum atomic E-state index is -0.429. The molecule has 18 heavy (non-hydrogen) atoms. The molecular weight excluding hydrogens is 232 g/mol. The maximum absolute atomic E-state index is 10.7. The number of hydrogen-bond acceptors (Lipinski definition) is 4. The Balaban J connectivity index is 2.84. The van der Waals surface area contributed by atoms with Crippen molar-refractivity contribution in [2.24, 2.45) is 5.73 Å². The molecule has 0 heterocycles. The van der Waals surface area contributed by atoms with Crippen LogP contribution >= 0.6 is 0 Å². The summed E-state index contributed by atoms with van der Waals surface area (Å²) in [4.78, 5) is 10.3. The van der Waals surface area contributed by atoms with E-state index in [9.17, 15) is 10.1 Å². The van der Waals surface area contributed by atoms with Gasteiger partial charge in [0.05, 0.1) is 11.0 Å². The summed E-state index contributed by atoms with van der Waals surface area (Å²) in [7, 11) is 0. The van der Waals surface area contributed by atoms with Gasteiger partial charge < -0.3 is 10.5 Å². The lowest BCUT2D eigenvalue weighted by Crippen LogP contribution is -2.44. The summed E-state index contributed by atoms with van der Waals surface area (Å²) in [5, 5.41) is 10.7. The smallest absolute Gasteiger partial charge is 0.273 e. The largest absolute Gasteiger partial charge is 0.491 e. The van der Waals surface area contributed by atoms with E-state index >= 15 is 0 Å². The summed E-state index contributed by atoms with van der Waals surface area (Å²) in [5.41, 5.74) is 6.66. The van der Waals surface area contributed by atoms with Crippen LogP contribution in [0.2, 0.25) is 0 Å². The molecule has 1 aromatic carbocycles. The van der Waals surface area contributed by atoms with Crippen molar-refractivity contribution in [3.8, 4) is 5.75 Å². The summed E-state index contributed by atoms with van der Waals surface area (Å²) in [6, 6.07) is 4.60. The number of rotatable bonds is 6. The maximum Gasteiger partial charge on any atom is 0.273 e. The fraction of sp³-hybridized carbons (Fsp3) is 0.538. The van der Waals surface area contributed by atoms with Crippen LogP contribution in [0.4, 0.5) is 5.69 Å². The average Bonchev–Trinajstić information content (AvgIpc) is 2.37. The Morgan fingerprint density at radius 2 is 2.00 bits per heavy atom. The van der Waals surface area contributed by atoms with E-state index in [0.29, 0.717) is 12.4 Å². The van der Waals surface area contributed by atoms with E-state index in [1.54, 1.807) is 6.07 Å². The lowest BCUT2D eigenvalue weighted by Gasteiger charge is -2.26. The van der Waals surface area contributed by atoms with Crippen LogP contribution in [0.25, 0.3) is 0 Å². The standard InChI is InChI=1S/C13H20N2O3/c1-4-13(14,5-2)9-18-12-8-11(15(16)17)7-6-10(12)3/h6-8H,4-5,9,14H2,1-3H3. The van der Waals surface area contributed by atoms with Crippen molar-refractivity contribution in [1.29, 1.82) is 0 Å². The highest BCUT2D eigenvalue weighted by Crippen LogP contribution is 2.25. The van der Waals surface area contributed by atoms with Gasteiger partial charge in [-0.15, -0.1) is 0 Å².